The summed E-state index contributed by atoms with van der Waals surface area (Å²) in [5.74, 6) is -0.868. The molecule has 1 aliphatic rings. The van der Waals surface area contributed by atoms with E-state index in [-0.39, 0.29) is 11.8 Å². The number of carbonyl (C=O) groups excluding carboxylic acids is 1. The summed E-state index contributed by atoms with van der Waals surface area (Å²) in [5, 5.41) is 9.47. The highest BCUT2D eigenvalue weighted by molar-refractivity contribution is 5.80. The standard InChI is InChI=1S/C20H31F2N5O/c1-14(2)19(28)24-8-9-25-20(23-3)26-16-6-10-27(11-7-16)13-15-4-5-17(21)18(22)12-15/h4-5,12,14,16H,6-11,13H2,1-3H3,(H,24,28)(H2,23,25,26). The molecule has 3 N–H and O–H groups in total. The van der Waals surface area contributed by atoms with Gasteiger partial charge in [-0.3, -0.25) is 14.7 Å². The van der Waals surface area contributed by atoms with Gasteiger partial charge in [0.05, 0.1) is 0 Å². The minimum atomic E-state index is -0.811. The van der Waals surface area contributed by atoms with Crippen molar-refractivity contribution in [2.24, 2.45) is 10.9 Å². The Morgan fingerprint density at radius 1 is 1.18 bits per heavy atom. The van der Waals surface area contributed by atoms with Gasteiger partial charge in [-0.25, -0.2) is 8.78 Å². The van der Waals surface area contributed by atoms with Crippen molar-refractivity contribution in [3.63, 3.8) is 0 Å². The van der Waals surface area contributed by atoms with Crippen molar-refractivity contribution in [1.82, 2.24) is 20.9 Å². The van der Waals surface area contributed by atoms with E-state index in [4.69, 9.17) is 0 Å². The number of nitrogens with zero attached hydrogens (tertiary/aromatic N) is 2. The van der Waals surface area contributed by atoms with Crippen molar-refractivity contribution in [2.45, 2.75) is 39.3 Å². The fourth-order valence-electron chi connectivity index (χ4n) is 3.09. The Bertz CT molecular complexity index is 673. The van der Waals surface area contributed by atoms with E-state index in [1.807, 2.05) is 13.8 Å². The summed E-state index contributed by atoms with van der Waals surface area (Å²) in [4.78, 5) is 18.0. The van der Waals surface area contributed by atoms with Gasteiger partial charge in [0.25, 0.3) is 0 Å². The fraction of sp³-hybridized carbons (Fsp3) is 0.600. The van der Waals surface area contributed by atoms with Crippen LogP contribution in [0.15, 0.2) is 23.2 Å². The van der Waals surface area contributed by atoms with E-state index >= 15 is 0 Å². The van der Waals surface area contributed by atoms with Gasteiger partial charge in [-0.1, -0.05) is 19.9 Å². The van der Waals surface area contributed by atoms with Gasteiger partial charge in [-0.05, 0) is 30.5 Å². The minimum Gasteiger partial charge on any atom is -0.355 e. The van der Waals surface area contributed by atoms with E-state index in [1.54, 1.807) is 13.1 Å². The van der Waals surface area contributed by atoms with Crippen LogP contribution < -0.4 is 16.0 Å². The molecule has 0 aromatic heterocycles. The highest BCUT2D eigenvalue weighted by atomic mass is 19.2. The summed E-state index contributed by atoms with van der Waals surface area (Å²) in [6, 6.07) is 4.38. The summed E-state index contributed by atoms with van der Waals surface area (Å²) in [6.45, 7) is 7.24. The van der Waals surface area contributed by atoms with Crippen LogP contribution in [0, 0.1) is 17.6 Å². The van der Waals surface area contributed by atoms with Gasteiger partial charge in [-0.2, -0.15) is 0 Å². The molecule has 1 fully saturated rings. The van der Waals surface area contributed by atoms with Crippen molar-refractivity contribution in [3.05, 3.63) is 35.4 Å². The number of halogens is 2. The Morgan fingerprint density at radius 2 is 1.86 bits per heavy atom. The van der Waals surface area contributed by atoms with Gasteiger partial charge >= 0.3 is 0 Å². The van der Waals surface area contributed by atoms with Gasteiger partial charge in [0.2, 0.25) is 5.91 Å². The molecule has 0 aliphatic carbocycles. The average Bonchev–Trinajstić information content (AvgIpc) is 2.68. The molecule has 1 aliphatic heterocycles. The SMILES string of the molecule is CN=C(NCCNC(=O)C(C)C)NC1CCN(Cc2ccc(F)c(F)c2)CC1. The number of guanidine groups is 1. The molecule has 0 atom stereocenters. The Labute approximate surface area is 165 Å². The zero-order valence-corrected chi connectivity index (χ0v) is 16.9. The van der Waals surface area contributed by atoms with Gasteiger partial charge < -0.3 is 16.0 Å². The zero-order chi connectivity index (χ0) is 20.5. The largest absolute Gasteiger partial charge is 0.355 e. The Kier molecular flexibility index (Phi) is 8.63. The highest BCUT2D eigenvalue weighted by Crippen LogP contribution is 2.15. The smallest absolute Gasteiger partial charge is 0.222 e. The maximum Gasteiger partial charge on any atom is 0.222 e. The van der Waals surface area contributed by atoms with Crippen LogP contribution in [0.2, 0.25) is 0 Å². The molecule has 1 heterocycles. The van der Waals surface area contributed by atoms with Crippen LogP contribution in [-0.2, 0) is 11.3 Å². The van der Waals surface area contributed by atoms with E-state index in [9.17, 15) is 13.6 Å². The molecule has 1 saturated heterocycles. The lowest BCUT2D eigenvalue weighted by Gasteiger charge is -2.33. The van der Waals surface area contributed by atoms with Crippen molar-refractivity contribution in [1.29, 1.82) is 0 Å². The molecule has 28 heavy (non-hydrogen) atoms. The lowest BCUT2D eigenvalue weighted by atomic mass is 10.0. The van der Waals surface area contributed by atoms with Gasteiger partial charge in [0.15, 0.2) is 17.6 Å². The third-order valence-corrected chi connectivity index (χ3v) is 4.78. The molecule has 2 rings (SSSR count). The predicted octanol–water partition coefficient (Wildman–Crippen LogP) is 1.87. The first-order valence-electron chi connectivity index (χ1n) is 9.80. The molecule has 0 radical (unpaired) electrons. The molecule has 0 unspecified atom stereocenters. The number of benzene rings is 1. The molecular formula is C20H31F2N5O. The van der Waals surface area contributed by atoms with Crippen LogP contribution in [0.4, 0.5) is 8.78 Å². The normalized spacial score (nSPS) is 16.3. The van der Waals surface area contributed by atoms with Crippen molar-refractivity contribution in [3.8, 4) is 0 Å². The highest BCUT2D eigenvalue weighted by Gasteiger charge is 2.20. The first kappa shape index (κ1) is 22.1. The maximum atomic E-state index is 13.3. The second-order valence-electron chi connectivity index (χ2n) is 7.39. The van der Waals surface area contributed by atoms with Crippen molar-refractivity contribution < 1.29 is 13.6 Å². The fourth-order valence-corrected chi connectivity index (χ4v) is 3.09. The molecule has 0 saturated carbocycles. The van der Waals surface area contributed by atoms with Gasteiger partial charge in [0.1, 0.15) is 0 Å². The monoisotopic (exact) mass is 395 g/mol. The molecule has 0 bridgehead atoms. The van der Waals surface area contributed by atoms with Crippen LogP contribution in [0.25, 0.3) is 0 Å². The summed E-state index contributed by atoms with van der Waals surface area (Å²) >= 11 is 0. The third kappa shape index (κ3) is 7.07. The number of hydrogen-bond donors (Lipinski definition) is 3. The first-order valence-corrected chi connectivity index (χ1v) is 9.80. The van der Waals surface area contributed by atoms with E-state index in [2.05, 4.69) is 25.8 Å². The quantitative estimate of drug-likeness (QED) is 0.375. The van der Waals surface area contributed by atoms with Crippen molar-refractivity contribution in [2.75, 3.05) is 33.2 Å². The van der Waals surface area contributed by atoms with Crippen LogP contribution in [-0.4, -0.2) is 56.0 Å². The number of amides is 1. The van der Waals surface area contributed by atoms with E-state index in [0.29, 0.717) is 25.7 Å². The molecule has 0 spiro atoms. The molecule has 1 amide bonds. The lowest BCUT2D eigenvalue weighted by Crippen LogP contribution is -2.49. The second kappa shape index (κ2) is 10.9. The number of piperidine rings is 1. The van der Waals surface area contributed by atoms with Crippen LogP contribution in [0.1, 0.15) is 32.3 Å². The van der Waals surface area contributed by atoms with Crippen LogP contribution in [0.3, 0.4) is 0 Å². The summed E-state index contributed by atoms with van der Waals surface area (Å²) < 4.78 is 26.4. The second-order valence-corrected chi connectivity index (χ2v) is 7.39. The van der Waals surface area contributed by atoms with Crippen LogP contribution in [0.5, 0.6) is 0 Å². The Morgan fingerprint density at radius 3 is 2.46 bits per heavy atom. The summed E-state index contributed by atoms with van der Waals surface area (Å²) in [5.41, 5.74) is 0.784. The zero-order valence-electron chi connectivity index (χ0n) is 16.9. The Balaban J connectivity index is 1.68. The van der Waals surface area contributed by atoms with E-state index < -0.39 is 11.6 Å². The molecule has 1 aromatic rings. The molecule has 156 valence electrons. The molecule has 8 heteroatoms. The lowest BCUT2D eigenvalue weighted by molar-refractivity contribution is -0.123. The summed E-state index contributed by atoms with van der Waals surface area (Å²) in [7, 11) is 1.72. The van der Waals surface area contributed by atoms with E-state index in [1.165, 1.54) is 12.1 Å². The summed E-state index contributed by atoms with van der Waals surface area (Å²) in [6.07, 6.45) is 1.88. The minimum absolute atomic E-state index is 0.0194. The number of aliphatic imine (C=N–C) groups is 1. The molecular weight excluding hydrogens is 364 g/mol. The number of carbonyl (C=O) groups is 1. The number of rotatable bonds is 7. The number of nitrogens with one attached hydrogen (secondary N) is 3. The molecule has 6 nitrogen and oxygen atoms in total. The topological polar surface area (TPSA) is 68.8 Å². The predicted molar refractivity (Wildman–Crippen MR) is 107 cm³/mol. The van der Waals surface area contributed by atoms with E-state index in [0.717, 1.165) is 37.5 Å². The maximum absolute atomic E-state index is 13.3. The molecule has 1 aromatic carbocycles. The first-order chi connectivity index (χ1) is 13.4. The third-order valence-electron chi connectivity index (χ3n) is 4.78. The number of hydrogen-bond acceptors (Lipinski definition) is 3. The number of likely N-dealkylation sites (tertiary alicyclic amines) is 1. The van der Waals surface area contributed by atoms with Gasteiger partial charge in [0, 0.05) is 51.7 Å². The average molecular weight is 395 g/mol. The Hall–Kier alpha value is -2.22. The van der Waals surface area contributed by atoms with Crippen molar-refractivity contribution >= 4 is 11.9 Å². The van der Waals surface area contributed by atoms with Crippen LogP contribution >= 0.6 is 0 Å². The van der Waals surface area contributed by atoms with Gasteiger partial charge in [-0.15, -0.1) is 0 Å².